The minimum absolute atomic E-state index is 0.0579. The zero-order valence-corrected chi connectivity index (χ0v) is 13.1. The summed E-state index contributed by atoms with van der Waals surface area (Å²) in [6.45, 7) is 0. The van der Waals surface area contributed by atoms with Crippen LogP contribution in [0.2, 0.25) is 5.02 Å². The molecule has 1 fully saturated rings. The van der Waals surface area contributed by atoms with Gasteiger partial charge in [0.25, 0.3) is 0 Å². The Hall–Kier alpha value is -1.95. The molecule has 6 nitrogen and oxygen atoms in total. The highest BCUT2D eigenvalue weighted by atomic mass is 35.5. The van der Waals surface area contributed by atoms with Crippen LogP contribution < -0.4 is 10.1 Å². The first-order valence-electron chi connectivity index (χ1n) is 6.96. The number of ether oxygens (including phenoxy) is 1. The fraction of sp³-hybridized carbons (Fsp3) is 0.467. The van der Waals surface area contributed by atoms with Crippen LogP contribution in [0.25, 0.3) is 0 Å². The average Bonchev–Trinajstić information content (AvgIpc) is 2.93. The Morgan fingerprint density at radius 2 is 1.91 bits per heavy atom. The van der Waals surface area contributed by atoms with E-state index in [4.69, 9.17) is 31.3 Å². The molecule has 1 aromatic rings. The van der Waals surface area contributed by atoms with E-state index in [-0.39, 0.29) is 5.91 Å². The van der Waals surface area contributed by atoms with Gasteiger partial charge in [0.05, 0.1) is 13.5 Å². The third kappa shape index (κ3) is 6.67. The number of amides is 1. The van der Waals surface area contributed by atoms with Crippen LogP contribution in [-0.2, 0) is 11.2 Å². The highest BCUT2D eigenvalue weighted by Crippen LogP contribution is 2.24. The second kappa shape index (κ2) is 9.15. The predicted octanol–water partition coefficient (Wildman–Crippen LogP) is 3.17. The Morgan fingerprint density at radius 1 is 1.32 bits per heavy atom. The van der Waals surface area contributed by atoms with E-state index >= 15 is 0 Å². The van der Waals surface area contributed by atoms with Crippen molar-refractivity contribution in [2.75, 3.05) is 7.11 Å². The van der Waals surface area contributed by atoms with Gasteiger partial charge in [-0.3, -0.25) is 4.79 Å². The Morgan fingerprint density at radius 3 is 2.45 bits per heavy atom. The van der Waals surface area contributed by atoms with Crippen molar-refractivity contribution >= 4 is 23.7 Å². The van der Waals surface area contributed by atoms with E-state index in [0.29, 0.717) is 23.2 Å². The lowest BCUT2D eigenvalue weighted by Crippen LogP contribution is -2.33. The van der Waals surface area contributed by atoms with Crippen LogP contribution >= 0.6 is 11.6 Å². The Kier molecular flexibility index (Phi) is 7.52. The van der Waals surface area contributed by atoms with Crippen LogP contribution in [0.5, 0.6) is 5.75 Å². The first-order chi connectivity index (χ1) is 10.4. The monoisotopic (exact) mass is 329 g/mol. The smallest absolute Gasteiger partial charge is 0.496 e. The quantitative estimate of drug-likeness (QED) is 0.788. The number of nitrogens with one attached hydrogen (secondary N) is 1. The Labute approximate surface area is 134 Å². The lowest BCUT2D eigenvalue weighted by Gasteiger charge is -2.13. The molecule has 1 amide bonds. The molecule has 122 valence electrons. The van der Waals surface area contributed by atoms with Gasteiger partial charge in [0.2, 0.25) is 5.91 Å². The molecule has 0 radical (unpaired) electrons. The van der Waals surface area contributed by atoms with Gasteiger partial charge < -0.3 is 20.3 Å². The van der Waals surface area contributed by atoms with Crippen molar-refractivity contribution < 1.29 is 24.5 Å². The molecule has 0 bridgehead atoms. The van der Waals surface area contributed by atoms with Crippen molar-refractivity contribution in [3.8, 4) is 5.75 Å². The molecular weight excluding hydrogens is 310 g/mol. The molecule has 2 rings (SSSR count). The summed E-state index contributed by atoms with van der Waals surface area (Å²) in [5.74, 6) is 0.728. The van der Waals surface area contributed by atoms with Crippen molar-refractivity contribution in [3.05, 3.63) is 28.8 Å². The Bertz CT molecular complexity index is 511. The van der Waals surface area contributed by atoms with Crippen molar-refractivity contribution in [1.82, 2.24) is 5.32 Å². The topological polar surface area (TPSA) is 95.9 Å². The second-order valence-electron chi connectivity index (χ2n) is 4.96. The van der Waals surface area contributed by atoms with Gasteiger partial charge in [-0.1, -0.05) is 30.5 Å². The van der Waals surface area contributed by atoms with Crippen molar-refractivity contribution in [2.45, 2.75) is 38.1 Å². The number of benzene rings is 1. The zero-order chi connectivity index (χ0) is 16.5. The summed E-state index contributed by atoms with van der Waals surface area (Å²) in [7, 11) is 1.59. The number of carboxylic acid groups (broad SMARTS) is 2. The maximum atomic E-state index is 11.9. The molecule has 0 aliphatic heterocycles. The van der Waals surface area contributed by atoms with Gasteiger partial charge in [0.15, 0.2) is 0 Å². The van der Waals surface area contributed by atoms with Crippen LogP contribution in [0.3, 0.4) is 0 Å². The number of rotatable bonds is 4. The minimum Gasteiger partial charge on any atom is -0.496 e. The van der Waals surface area contributed by atoms with E-state index in [9.17, 15) is 4.79 Å². The van der Waals surface area contributed by atoms with Gasteiger partial charge in [-0.25, -0.2) is 4.79 Å². The van der Waals surface area contributed by atoms with E-state index in [1.165, 1.54) is 12.8 Å². The summed E-state index contributed by atoms with van der Waals surface area (Å²) in [4.78, 5) is 20.5. The molecule has 22 heavy (non-hydrogen) atoms. The lowest BCUT2D eigenvalue weighted by atomic mass is 10.1. The summed E-state index contributed by atoms with van der Waals surface area (Å²) in [5.41, 5.74) is 0.873. The molecule has 0 unspecified atom stereocenters. The third-order valence-electron chi connectivity index (χ3n) is 3.32. The van der Waals surface area contributed by atoms with E-state index in [1.54, 1.807) is 19.2 Å². The van der Waals surface area contributed by atoms with Gasteiger partial charge >= 0.3 is 6.16 Å². The van der Waals surface area contributed by atoms with Crippen molar-refractivity contribution in [1.29, 1.82) is 0 Å². The molecule has 0 atom stereocenters. The first-order valence-corrected chi connectivity index (χ1v) is 7.34. The van der Waals surface area contributed by atoms with Crippen LogP contribution in [0, 0.1) is 0 Å². The second-order valence-corrected chi connectivity index (χ2v) is 5.40. The summed E-state index contributed by atoms with van der Waals surface area (Å²) >= 11 is 5.89. The minimum atomic E-state index is -1.83. The average molecular weight is 330 g/mol. The van der Waals surface area contributed by atoms with Crippen molar-refractivity contribution in [3.63, 3.8) is 0 Å². The van der Waals surface area contributed by atoms with E-state index in [0.717, 1.165) is 18.4 Å². The fourth-order valence-corrected chi connectivity index (χ4v) is 2.55. The highest BCUT2D eigenvalue weighted by molar-refractivity contribution is 6.30. The van der Waals surface area contributed by atoms with E-state index in [1.807, 2.05) is 6.07 Å². The maximum absolute atomic E-state index is 11.9. The number of methoxy groups -OCH3 is 1. The number of carbonyl (C=O) groups excluding carboxylic acids is 1. The zero-order valence-electron chi connectivity index (χ0n) is 12.3. The highest BCUT2D eigenvalue weighted by Gasteiger charge is 2.18. The lowest BCUT2D eigenvalue weighted by molar-refractivity contribution is -0.121. The van der Waals surface area contributed by atoms with Gasteiger partial charge in [-0.15, -0.1) is 0 Å². The number of halogens is 1. The summed E-state index contributed by atoms with van der Waals surface area (Å²) < 4.78 is 5.23. The van der Waals surface area contributed by atoms with E-state index < -0.39 is 6.16 Å². The molecule has 1 aromatic carbocycles. The molecule has 0 heterocycles. The fourth-order valence-electron chi connectivity index (χ4n) is 2.39. The normalized spacial score (nSPS) is 13.9. The largest absolute Gasteiger partial charge is 0.503 e. The number of hydrogen-bond acceptors (Lipinski definition) is 3. The maximum Gasteiger partial charge on any atom is 0.503 e. The van der Waals surface area contributed by atoms with Crippen LogP contribution in [-0.4, -0.2) is 35.4 Å². The molecule has 0 spiro atoms. The van der Waals surface area contributed by atoms with Gasteiger partial charge in [-0.2, -0.15) is 0 Å². The molecule has 3 N–H and O–H groups in total. The molecular formula is C15H20ClNO5. The molecule has 0 aromatic heterocycles. The first kappa shape index (κ1) is 18.1. The number of carbonyl (C=O) groups is 2. The summed E-state index contributed by atoms with van der Waals surface area (Å²) in [5, 5.41) is 17.6. The van der Waals surface area contributed by atoms with Crippen molar-refractivity contribution in [2.24, 2.45) is 0 Å². The third-order valence-corrected chi connectivity index (χ3v) is 3.56. The van der Waals surface area contributed by atoms with E-state index in [2.05, 4.69) is 5.32 Å². The summed E-state index contributed by atoms with van der Waals surface area (Å²) in [6.07, 6.45) is 3.15. The van der Waals surface area contributed by atoms with Crippen LogP contribution in [0.15, 0.2) is 18.2 Å². The number of hydrogen-bond donors (Lipinski definition) is 3. The van der Waals surface area contributed by atoms with Crippen LogP contribution in [0.1, 0.15) is 31.2 Å². The molecule has 1 saturated carbocycles. The Balaban J connectivity index is 0.000000541. The molecule has 7 heteroatoms. The molecule has 1 aliphatic carbocycles. The van der Waals surface area contributed by atoms with Crippen LogP contribution in [0.4, 0.5) is 4.79 Å². The molecule has 1 aliphatic rings. The van der Waals surface area contributed by atoms with Gasteiger partial charge in [-0.05, 0) is 25.0 Å². The van der Waals surface area contributed by atoms with Gasteiger partial charge in [0.1, 0.15) is 5.75 Å². The van der Waals surface area contributed by atoms with Gasteiger partial charge in [0, 0.05) is 16.6 Å². The SMILES string of the molecule is COc1cc(Cl)ccc1CC(=O)NC1CCCC1.O=C(O)O. The predicted molar refractivity (Wildman–Crippen MR) is 82.8 cm³/mol. The summed E-state index contributed by atoms with van der Waals surface area (Å²) in [6, 6.07) is 5.72. The molecule has 0 saturated heterocycles. The standard InChI is InChI=1S/C14H18ClNO2.CH2O3/c1-18-13-9-11(15)7-6-10(13)8-14(17)16-12-4-2-3-5-12;2-1(3)4/h6-7,9,12H,2-5,8H2,1H3,(H,16,17);(H2,2,3,4).